The highest BCUT2D eigenvalue weighted by Gasteiger charge is 2.64. The van der Waals surface area contributed by atoms with Gasteiger partial charge in [0.1, 0.15) is 0 Å². The number of methoxy groups -OCH3 is 1. The van der Waals surface area contributed by atoms with Gasteiger partial charge in [0.2, 0.25) is 11.8 Å². The molecular weight excluding hydrogens is 240 g/mol. The third-order valence-corrected chi connectivity index (χ3v) is 5.43. The standard InChI is InChI=1S/C15H18N2O2/c1-19-13-3-2-11(8-16-13)17-14(18)15-5-9-4-10(6-15)12(9)7-15/h2-3,8-10,12H,4-7H2,1H3,(H,17,18). The second-order valence-corrected chi connectivity index (χ2v) is 6.36. The van der Waals surface area contributed by atoms with Crippen molar-refractivity contribution in [3.63, 3.8) is 0 Å². The van der Waals surface area contributed by atoms with Crippen molar-refractivity contribution in [3.05, 3.63) is 18.3 Å². The van der Waals surface area contributed by atoms with Crippen LogP contribution in [-0.4, -0.2) is 18.0 Å². The molecule has 0 aromatic carbocycles. The Balaban J connectivity index is 1.49. The van der Waals surface area contributed by atoms with Crippen molar-refractivity contribution in [3.8, 4) is 5.88 Å². The lowest BCUT2D eigenvalue weighted by Crippen LogP contribution is -2.40. The number of nitrogens with zero attached hydrogens (tertiary/aromatic N) is 1. The number of aromatic nitrogens is 1. The molecule has 2 unspecified atom stereocenters. The number of nitrogens with one attached hydrogen (secondary N) is 1. The molecule has 0 spiro atoms. The van der Waals surface area contributed by atoms with Crippen LogP contribution in [-0.2, 0) is 4.79 Å². The molecule has 2 atom stereocenters. The Labute approximate surface area is 112 Å². The summed E-state index contributed by atoms with van der Waals surface area (Å²) in [6, 6.07) is 3.62. The highest BCUT2D eigenvalue weighted by atomic mass is 16.5. The van der Waals surface area contributed by atoms with E-state index in [4.69, 9.17) is 4.74 Å². The minimum atomic E-state index is -0.0713. The van der Waals surface area contributed by atoms with Crippen LogP contribution < -0.4 is 10.1 Å². The Morgan fingerprint density at radius 1 is 1.37 bits per heavy atom. The minimum absolute atomic E-state index is 0.0713. The predicted octanol–water partition coefficient (Wildman–Crippen LogP) is 2.46. The average Bonchev–Trinajstić information content (AvgIpc) is 2.90. The van der Waals surface area contributed by atoms with E-state index in [-0.39, 0.29) is 11.3 Å². The van der Waals surface area contributed by atoms with Gasteiger partial charge in [-0.05, 0) is 49.5 Å². The molecule has 4 nitrogen and oxygen atoms in total. The van der Waals surface area contributed by atoms with Crippen molar-refractivity contribution in [2.75, 3.05) is 12.4 Å². The van der Waals surface area contributed by atoms with Crippen LogP contribution in [0, 0.1) is 23.2 Å². The summed E-state index contributed by atoms with van der Waals surface area (Å²) in [5, 5.41) is 3.04. The molecule has 100 valence electrons. The maximum absolute atomic E-state index is 12.5. The summed E-state index contributed by atoms with van der Waals surface area (Å²) in [6.07, 6.45) is 6.34. The van der Waals surface area contributed by atoms with Crippen LogP contribution in [0.25, 0.3) is 0 Å². The van der Waals surface area contributed by atoms with Gasteiger partial charge in [0.15, 0.2) is 0 Å². The zero-order valence-corrected chi connectivity index (χ0v) is 11.1. The molecular formula is C15H18N2O2. The van der Waals surface area contributed by atoms with Crippen LogP contribution in [0.1, 0.15) is 25.7 Å². The van der Waals surface area contributed by atoms with Crippen molar-refractivity contribution >= 4 is 11.6 Å². The van der Waals surface area contributed by atoms with Gasteiger partial charge in [-0.3, -0.25) is 4.79 Å². The van der Waals surface area contributed by atoms with E-state index in [0.717, 1.165) is 42.7 Å². The van der Waals surface area contributed by atoms with Crippen LogP contribution in [0.4, 0.5) is 5.69 Å². The maximum atomic E-state index is 12.5. The van der Waals surface area contributed by atoms with Gasteiger partial charge in [-0.25, -0.2) is 4.98 Å². The van der Waals surface area contributed by atoms with Crippen molar-refractivity contribution in [2.24, 2.45) is 23.2 Å². The van der Waals surface area contributed by atoms with Crippen LogP contribution in [0.5, 0.6) is 5.88 Å². The number of amides is 1. The van der Waals surface area contributed by atoms with Gasteiger partial charge >= 0.3 is 0 Å². The van der Waals surface area contributed by atoms with Crippen molar-refractivity contribution < 1.29 is 9.53 Å². The largest absolute Gasteiger partial charge is 0.481 e. The Bertz CT molecular complexity index is 508. The normalized spacial score (nSPS) is 37.8. The highest BCUT2D eigenvalue weighted by molar-refractivity contribution is 5.96. The first-order chi connectivity index (χ1) is 9.20. The van der Waals surface area contributed by atoms with Gasteiger partial charge < -0.3 is 10.1 Å². The number of carbonyl (C=O) groups is 1. The molecule has 2 bridgehead atoms. The Hall–Kier alpha value is -1.58. The van der Waals surface area contributed by atoms with Gasteiger partial charge in [-0.1, -0.05) is 0 Å². The fraction of sp³-hybridized carbons (Fsp3) is 0.600. The zero-order chi connectivity index (χ0) is 13.0. The highest BCUT2D eigenvalue weighted by Crippen LogP contribution is 2.69. The van der Waals surface area contributed by atoms with Crippen molar-refractivity contribution in [2.45, 2.75) is 25.7 Å². The summed E-state index contributed by atoms with van der Waals surface area (Å²) >= 11 is 0. The molecule has 0 radical (unpaired) electrons. The summed E-state index contributed by atoms with van der Waals surface area (Å²) in [7, 11) is 1.59. The lowest BCUT2D eigenvalue weighted by molar-refractivity contribution is -0.127. The van der Waals surface area contributed by atoms with E-state index in [0.29, 0.717) is 5.88 Å². The molecule has 0 saturated heterocycles. The summed E-state index contributed by atoms with van der Waals surface area (Å²) < 4.78 is 5.02. The molecule has 1 heterocycles. The Morgan fingerprint density at radius 2 is 2.16 bits per heavy atom. The first-order valence-electron chi connectivity index (χ1n) is 7.02. The summed E-state index contributed by atoms with van der Waals surface area (Å²) in [5.41, 5.74) is 0.697. The second-order valence-electron chi connectivity index (χ2n) is 6.36. The molecule has 1 aromatic rings. The van der Waals surface area contributed by atoms with Crippen LogP contribution in [0.15, 0.2) is 18.3 Å². The van der Waals surface area contributed by atoms with E-state index >= 15 is 0 Å². The number of fused-ring (bicyclic) bond motifs is 1. The Kier molecular flexibility index (Phi) is 2.20. The van der Waals surface area contributed by atoms with Gasteiger partial charge in [0.05, 0.1) is 24.4 Å². The number of carbonyl (C=O) groups excluding carboxylic acids is 1. The third-order valence-electron chi connectivity index (χ3n) is 5.43. The zero-order valence-electron chi connectivity index (χ0n) is 11.1. The molecule has 1 aromatic heterocycles. The van der Waals surface area contributed by atoms with Crippen LogP contribution in [0.3, 0.4) is 0 Å². The smallest absolute Gasteiger partial charge is 0.230 e. The first-order valence-corrected chi connectivity index (χ1v) is 7.02. The fourth-order valence-corrected chi connectivity index (χ4v) is 4.55. The number of rotatable bonds is 3. The Morgan fingerprint density at radius 3 is 2.68 bits per heavy atom. The molecule has 3 fully saturated rings. The third kappa shape index (κ3) is 1.52. The van der Waals surface area contributed by atoms with E-state index in [1.54, 1.807) is 19.4 Å². The quantitative estimate of drug-likeness (QED) is 0.906. The topological polar surface area (TPSA) is 51.2 Å². The molecule has 3 aliphatic carbocycles. The SMILES string of the molecule is COc1ccc(NC(=O)C23CC4CC(C2)C4C3)cn1. The van der Waals surface area contributed by atoms with Gasteiger partial charge in [0.25, 0.3) is 0 Å². The van der Waals surface area contributed by atoms with E-state index in [2.05, 4.69) is 10.3 Å². The van der Waals surface area contributed by atoms with Gasteiger partial charge in [0, 0.05) is 6.07 Å². The number of anilines is 1. The second kappa shape index (κ2) is 3.71. The minimum Gasteiger partial charge on any atom is -0.481 e. The number of ether oxygens (including phenoxy) is 1. The molecule has 1 N–H and O–H groups in total. The van der Waals surface area contributed by atoms with E-state index in [1.807, 2.05) is 6.07 Å². The molecule has 0 aliphatic heterocycles. The molecule has 4 heteroatoms. The fourth-order valence-electron chi connectivity index (χ4n) is 4.55. The van der Waals surface area contributed by atoms with Crippen LogP contribution >= 0.6 is 0 Å². The first kappa shape index (κ1) is 11.3. The monoisotopic (exact) mass is 258 g/mol. The summed E-state index contributed by atoms with van der Waals surface area (Å²) in [5.74, 6) is 3.28. The molecule has 4 rings (SSSR count). The average molecular weight is 258 g/mol. The number of hydrogen-bond donors (Lipinski definition) is 1. The number of hydrogen-bond acceptors (Lipinski definition) is 3. The van der Waals surface area contributed by atoms with Crippen molar-refractivity contribution in [1.82, 2.24) is 4.98 Å². The lowest BCUT2D eigenvalue weighted by atomic mass is 9.61. The molecule has 3 aliphatic rings. The predicted molar refractivity (Wildman–Crippen MR) is 70.8 cm³/mol. The molecule has 19 heavy (non-hydrogen) atoms. The maximum Gasteiger partial charge on any atom is 0.230 e. The molecule has 3 saturated carbocycles. The lowest BCUT2D eigenvalue weighted by Gasteiger charge is -2.44. The number of pyridine rings is 1. The summed E-state index contributed by atoms with van der Waals surface area (Å²) in [6.45, 7) is 0. The van der Waals surface area contributed by atoms with Crippen molar-refractivity contribution in [1.29, 1.82) is 0 Å². The van der Waals surface area contributed by atoms with Gasteiger partial charge in [-0.2, -0.15) is 0 Å². The van der Waals surface area contributed by atoms with E-state index in [9.17, 15) is 4.79 Å². The van der Waals surface area contributed by atoms with Crippen LogP contribution in [0.2, 0.25) is 0 Å². The summed E-state index contributed by atoms with van der Waals surface area (Å²) in [4.78, 5) is 16.7. The van der Waals surface area contributed by atoms with E-state index in [1.165, 1.54) is 6.42 Å². The molecule has 1 amide bonds. The van der Waals surface area contributed by atoms with E-state index < -0.39 is 0 Å². The van der Waals surface area contributed by atoms with Gasteiger partial charge in [-0.15, -0.1) is 0 Å².